The first-order valence-electron chi connectivity index (χ1n) is 9.05. The molecule has 0 saturated carbocycles. The Hall–Kier alpha value is -2.33. The van der Waals surface area contributed by atoms with Gasteiger partial charge in [0.2, 0.25) is 0 Å². The van der Waals surface area contributed by atoms with Crippen LogP contribution in [0, 0.1) is 0 Å². The fraction of sp³-hybridized carbons (Fsp3) is 0.381. The van der Waals surface area contributed by atoms with Crippen LogP contribution in [-0.4, -0.2) is 35.7 Å². The summed E-state index contributed by atoms with van der Waals surface area (Å²) in [5, 5.41) is 11.8. The van der Waals surface area contributed by atoms with Gasteiger partial charge in [-0.3, -0.25) is 4.58 Å². The summed E-state index contributed by atoms with van der Waals surface area (Å²) in [4.78, 5) is 2.14. The highest BCUT2D eigenvalue weighted by Gasteiger charge is 2.53. The van der Waals surface area contributed by atoms with E-state index in [0.717, 1.165) is 30.0 Å². The third-order valence-corrected chi connectivity index (χ3v) is 5.30. The van der Waals surface area contributed by atoms with Crippen LogP contribution in [0.25, 0.3) is 0 Å². The predicted molar refractivity (Wildman–Crippen MR) is 99.3 cm³/mol. The van der Waals surface area contributed by atoms with Crippen molar-refractivity contribution in [3.05, 3.63) is 60.2 Å². The lowest BCUT2D eigenvalue weighted by atomic mass is 9.99. The van der Waals surface area contributed by atoms with Gasteiger partial charge in [0, 0.05) is 12.0 Å². The van der Waals surface area contributed by atoms with E-state index in [-0.39, 0.29) is 0 Å². The Morgan fingerprint density at radius 1 is 1.00 bits per heavy atom. The topological polar surface area (TPSA) is 35.7 Å². The smallest absolute Gasteiger partial charge is 0.275 e. The van der Waals surface area contributed by atoms with E-state index in [9.17, 15) is 5.11 Å². The number of amidine groups is 1. The van der Waals surface area contributed by atoms with E-state index in [4.69, 9.17) is 4.74 Å². The van der Waals surface area contributed by atoms with E-state index in [1.54, 1.807) is 7.11 Å². The number of hydrogen-bond acceptors (Lipinski definition) is 3. The summed E-state index contributed by atoms with van der Waals surface area (Å²) in [6.45, 7) is 1.61. The number of nitrogens with zero attached hydrogens (tertiary/aromatic N) is 2. The van der Waals surface area contributed by atoms with Gasteiger partial charge in [0.15, 0.2) is 6.54 Å². The second-order valence-corrected chi connectivity index (χ2v) is 6.86. The number of benzene rings is 2. The Bertz CT molecular complexity index is 770. The molecule has 2 aromatic rings. The van der Waals surface area contributed by atoms with Gasteiger partial charge in [0.05, 0.1) is 13.7 Å². The number of ether oxygens (including phenoxy) is 1. The van der Waals surface area contributed by atoms with Crippen molar-refractivity contribution in [3.63, 3.8) is 0 Å². The molecular weight excluding hydrogens is 312 g/mol. The summed E-state index contributed by atoms with van der Waals surface area (Å²) in [5.74, 6) is 2.04. The highest BCUT2D eigenvalue weighted by Crippen LogP contribution is 2.38. The van der Waals surface area contributed by atoms with Crippen LogP contribution in [0.1, 0.15) is 31.2 Å². The molecule has 1 atom stereocenters. The van der Waals surface area contributed by atoms with Gasteiger partial charge in [0.25, 0.3) is 11.6 Å². The second kappa shape index (κ2) is 6.52. The van der Waals surface area contributed by atoms with E-state index in [2.05, 4.69) is 21.6 Å². The van der Waals surface area contributed by atoms with E-state index in [1.807, 2.05) is 42.5 Å². The zero-order valence-electron chi connectivity index (χ0n) is 14.7. The van der Waals surface area contributed by atoms with Crippen molar-refractivity contribution >= 4 is 11.5 Å². The molecule has 2 heterocycles. The van der Waals surface area contributed by atoms with Crippen LogP contribution in [0.4, 0.5) is 5.69 Å². The first-order chi connectivity index (χ1) is 12.2. The Morgan fingerprint density at radius 2 is 1.76 bits per heavy atom. The Balaban J connectivity index is 1.80. The highest BCUT2D eigenvalue weighted by molar-refractivity contribution is 5.97. The highest BCUT2D eigenvalue weighted by atomic mass is 16.5. The van der Waals surface area contributed by atoms with Gasteiger partial charge in [-0.15, -0.1) is 0 Å². The number of aliphatic hydroxyl groups is 1. The fourth-order valence-corrected chi connectivity index (χ4v) is 4.04. The molecule has 130 valence electrons. The van der Waals surface area contributed by atoms with Crippen LogP contribution in [-0.2, 0) is 5.72 Å². The lowest BCUT2D eigenvalue weighted by Crippen LogP contribution is -2.47. The van der Waals surface area contributed by atoms with E-state index in [0.29, 0.717) is 6.54 Å². The fourth-order valence-electron chi connectivity index (χ4n) is 4.04. The van der Waals surface area contributed by atoms with Crippen molar-refractivity contribution in [2.75, 3.05) is 25.1 Å². The molecule has 0 aromatic heterocycles. The standard InChI is InChI=1S/C21H25N2O2/c1-25-19-13-11-17(12-14-19)21(24)16-22-15-7-3-6-10-20(22)23(21)18-8-4-2-5-9-18/h2,4-5,8-9,11-14,24H,3,6-7,10,15-16H2,1H3/q+1/t21-/m0/s1. The van der Waals surface area contributed by atoms with Gasteiger partial charge in [0.1, 0.15) is 11.4 Å². The molecule has 0 fully saturated rings. The van der Waals surface area contributed by atoms with Crippen LogP contribution in [0.2, 0.25) is 0 Å². The van der Waals surface area contributed by atoms with Gasteiger partial charge in [-0.2, -0.15) is 4.90 Å². The molecule has 0 aliphatic carbocycles. The molecule has 0 radical (unpaired) electrons. The molecule has 0 amide bonds. The second-order valence-electron chi connectivity index (χ2n) is 6.86. The maximum Gasteiger partial charge on any atom is 0.275 e. The van der Waals surface area contributed by atoms with Crippen molar-refractivity contribution < 1.29 is 14.4 Å². The molecule has 2 aliphatic heterocycles. The third-order valence-electron chi connectivity index (χ3n) is 5.30. The summed E-state index contributed by atoms with van der Waals surface area (Å²) in [6.07, 6.45) is 4.62. The summed E-state index contributed by atoms with van der Waals surface area (Å²) >= 11 is 0. The Morgan fingerprint density at radius 3 is 2.48 bits per heavy atom. The number of hydrogen-bond donors (Lipinski definition) is 1. The molecule has 25 heavy (non-hydrogen) atoms. The first-order valence-corrected chi connectivity index (χ1v) is 9.05. The molecule has 2 aliphatic rings. The quantitative estimate of drug-likeness (QED) is 0.873. The van der Waals surface area contributed by atoms with Gasteiger partial charge in [-0.1, -0.05) is 18.2 Å². The molecule has 2 aromatic carbocycles. The van der Waals surface area contributed by atoms with E-state index in [1.165, 1.54) is 25.1 Å². The summed E-state index contributed by atoms with van der Waals surface area (Å²) in [6, 6.07) is 18.0. The van der Waals surface area contributed by atoms with E-state index >= 15 is 0 Å². The van der Waals surface area contributed by atoms with Gasteiger partial charge in [-0.25, -0.2) is 0 Å². The molecule has 4 heteroatoms. The Labute approximate surface area is 149 Å². The molecular formula is C21H25N2O2+. The van der Waals surface area contributed by atoms with E-state index < -0.39 is 5.72 Å². The molecule has 4 rings (SSSR count). The number of methoxy groups -OCH3 is 1. The number of rotatable bonds is 3. The van der Waals surface area contributed by atoms with Crippen molar-refractivity contribution in [2.45, 2.75) is 31.4 Å². The molecule has 0 unspecified atom stereocenters. The van der Waals surface area contributed by atoms with Crippen molar-refractivity contribution in [1.29, 1.82) is 0 Å². The van der Waals surface area contributed by atoms with Crippen LogP contribution < -0.4 is 9.64 Å². The minimum atomic E-state index is -1.06. The molecule has 0 spiro atoms. The monoisotopic (exact) mass is 337 g/mol. The molecule has 0 saturated heterocycles. The lowest BCUT2D eigenvalue weighted by Gasteiger charge is -2.29. The normalized spacial score (nSPS) is 23.4. The molecule has 1 N–H and O–H groups in total. The maximum atomic E-state index is 11.8. The summed E-state index contributed by atoms with van der Waals surface area (Å²) in [5.41, 5.74) is 0.887. The predicted octanol–water partition coefficient (Wildman–Crippen LogP) is 3.35. The minimum Gasteiger partial charge on any atom is -0.497 e. The van der Waals surface area contributed by atoms with Gasteiger partial charge in [-0.05, 0) is 55.7 Å². The molecule has 4 nitrogen and oxygen atoms in total. The van der Waals surface area contributed by atoms with Crippen molar-refractivity contribution in [1.82, 2.24) is 0 Å². The number of para-hydroxylation sites is 1. The zero-order valence-corrected chi connectivity index (χ0v) is 14.7. The van der Waals surface area contributed by atoms with Crippen LogP contribution >= 0.6 is 0 Å². The average Bonchev–Trinajstić information content (AvgIpc) is 2.79. The van der Waals surface area contributed by atoms with Gasteiger partial charge >= 0.3 is 0 Å². The van der Waals surface area contributed by atoms with Crippen molar-refractivity contribution in [2.24, 2.45) is 0 Å². The minimum absolute atomic E-state index is 0.601. The summed E-state index contributed by atoms with van der Waals surface area (Å²) < 4.78 is 7.64. The van der Waals surface area contributed by atoms with Crippen LogP contribution in [0.3, 0.4) is 0 Å². The Kier molecular flexibility index (Phi) is 4.22. The third kappa shape index (κ3) is 2.81. The average molecular weight is 337 g/mol. The number of anilines is 1. The SMILES string of the molecule is COc1ccc([C@@]2(O)C[N+]3=C(CCCCC3)N2c2ccccc2)cc1. The maximum absolute atomic E-state index is 11.8. The first kappa shape index (κ1) is 16.2. The lowest BCUT2D eigenvalue weighted by molar-refractivity contribution is -0.534. The molecule has 0 bridgehead atoms. The van der Waals surface area contributed by atoms with Crippen LogP contribution in [0.15, 0.2) is 54.6 Å². The largest absolute Gasteiger partial charge is 0.497 e. The van der Waals surface area contributed by atoms with Gasteiger partial charge < -0.3 is 9.84 Å². The van der Waals surface area contributed by atoms with Crippen molar-refractivity contribution in [3.8, 4) is 5.75 Å². The van der Waals surface area contributed by atoms with Crippen LogP contribution in [0.5, 0.6) is 5.75 Å². The summed E-state index contributed by atoms with van der Waals surface area (Å²) in [7, 11) is 1.66. The zero-order chi connectivity index (χ0) is 17.3.